The zero-order chi connectivity index (χ0) is 15.1. The Kier molecular flexibility index (Phi) is 3.28. The Bertz CT molecular complexity index is 624. The Morgan fingerprint density at radius 2 is 1.80 bits per heavy atom. The van der Waals surface area contributed by atoms with Crippen molar-refractivity contribution in [3.05, 3.63) is 36.2 Å². The zero-order valence-corrected chi connectivity index (χ0v) is 11.4. The number of nitrogens with zero attached hydrogens (tertiary/aromatic N) is 2. The van der Waals surface area contributed by atoms with Crippen LogP contribution in [0.1, 0.15) is 26.3 Å². The van der Waals surface area contributed by atoms with Gasteiger partial charge in [-0.05, 0) is 44.5 Å². The highest BCUT2D eigenvalue weighted by Crippen LogP contribution is 2.39. The van der Waals surface area contributed by atoms with Gasteiger partial charge in [-0.25, -0.2) is 0 Å². The average Bonchev–Trinajstić information content (AvgIpc) is 2.76. The second-order valence-corrected chi connectivity index (χ2v) is 5.57. The van der Waals surface area contributed by atoms with Gasteiger partial charge in [0.25, 0.3) is 0 Å². The lowest BCUT2D eigenvalue weighted by Crippen LogP contribution is -2.21. The number of hydrogen-bond donors (Lipinski definition) is 1. The Morgan fingerprint density at radius 3 is 2.30 bits per heavy atom. The lowest BCUT2D eigenvalue weighted by Gasteiger charge is -2.18. The van der Waals surface area contributed by atoms with E-state index >= 15 is 0 Å². The standard InChI is InChI=1S/C14H15F3N2O/c1-13(2,3)19-8-9(7-18-19)11-5-4-10(20)6-12(11)14(15,16)17/h4-8,20H,1-3H3. The van der Waals surface area contributed by atoms with Crippen molar-refractivity contribution < 1.29 is 18.3 Å². The second kappa shape index (κ2) is 4.54. The van der Waals surface area contributed by atoms with Gasteiger partial charge in [-0.2, -0.15) is 18.3 Å². The maximum atomic E-state index is 13.0. The molecule has 0 amide bonds. The summed E-state index contributed by atoms with van der Waals surface area (Å²) in [6, 6.07) is 3.21. The molecule has 0 radical (unpaired) electrons. The number of aromatic nitrogens is 2. The van der Waals surface area contributed by atoms with Crippen molar-refractivity contribution in [1.82, 2.24) is 9.78 Å². The Labute approximate surface area is 114 Å². The van der Waals surface area contributed by atoms with E-state index in [-0.39, 0.29) is 11.1 Å². The molecule has 0 saturated heterocycles. The molecule has 0 unspecified atom stereocenters. The first-order chi connectivity index (χ1) is 9.09. The average molecular weight is 284 g/mol. The molecular weight excluding hydrogens is 269 g/mol. The van der Waals surface area contributed by atoms with Crippen LogP contribution in [0.15, 0.2) is 30.6 Å². The van der Waals surface area contributed by atoms with E-state index in [1.807, 2.05) is 20.8 Å². The molecule has 1 heterocycles. The van der Waals surface area contributed by atoms with E-state index in [2.05, 4.69) is 5.10 Å². The maximum absolute atomic E-state index is 13.0. The van der Waals surface area contributed by atoms with Gasteiger partial charge >= 0.3 is 6.18 Å². The SMILES string of the molecule is CC(C)(C)n1cc(-c2ccc(O)cc2C(F)(F)F)cn1. The van der Waals surface area contributed by atoms with Gasteiger partial charge in [0.1, 0.15) is 5.75 Å². The van der Waals surface area contributed by atoms with Crippen LogP contribution in [0.25, 0.3) is 11.1 Å². The van der Waals surface area contributed by atoms with Gasteiger partial charge in [0, 0.05) is 11.8 Å². The van der Waals surface area contributed by atoms with Crippen LogP contribution >= 0.6 is 0 Å². The number of halogens is 3. The van der Waals surface area contributed by atoms with Crippen molar-refractivity contribution in [3.63, 3.8) is 0 Å². The molecule has 0 aliphatic carbocycles. The normalized spacial score (nSPS) is 12.7. The summed E-state index contributed by atoms with van der Waals surface area (Å²) in [6.45, 7) is 5.72. The quantitative estimate of drug-likeness (QED) is 0.858. The Hall–Kier alpha value is -1.98. The van der Waals surface area contributed by atoms with Gasteiger partial charge in [0.05, 0.1) is 17.3 Å². The topological polar surface area (TPSA) is 38.0 Å². The fraction of sp³-hybridized carbons (Fsp3) is 0.357. The van der Waals surface area contributed by atoms with Crippen molar-refractivity contribution in [1.29, 1.82) is 0 Å². The minimum Gasteiger partial charge on any atom is -0.508 e. The van der Waals surface area contributed by atoms with Gasteiger partial charge in [0.15, 0.2) is 0 Å². The first-order valence-electron chi connectivity index (χ1n) is 6.05. The van der Waals surface area contributed by atoms with E-state index < -0.39 is 17.5 Å². The van der Waals surface area contributed by atoms with Crippen LogP contribution in [-0.2, 0) is 11.7 Å². The van der Waals surface area contributed by atoms with Crippen molar-refractivity contribution in [2.24, 2.45) is 0 Å². The molecule has 0 fully saturated rings. The molecule has 0 saturated carbocycles. The minimum absolute atomic E-state index is 0.00537. The third-order valence-electron chi connectivity index (χ3n) is 2.89. The summed E-state index contributed by atoms with van der Waals surface area (Å²) in [4.78, 5) is 0. The molecular formula is C14H15F3N2O. The van der Waals surface area contributed by atoms with Crippen LogP contribution < -0.4 is 0 Å². The maximum Gasteiger partial charge on any atom is 0.417 e. The molecule has 3 nitrogen and oxygen atoms in total. The van der Waals surface area contributed by atoms with Gasteiger partial charge in [-0.3, -0.25) is 4.68 Å². The summed E-state index contributed by atoms with van der Waals surface area (Å²) in [7, 11) is 0. The molecule has 2 aromatic rings. The smallest absolute Gasteiger partial charge is 0.417 e. The summed E-state index contributed by atoms with van der Waals surface area (Å²) < 4.78 is 40.7. The highest BCUT2D eigenvalue weighted by molar-refractivity contribution is 5.68. The van der Waals surface area contributed by atoms with E-state index in [9.17, 15) is 18.3 Å². The van der Waals surface area contributed by atoms with Crippen molar-refractivity contribution in [2.45, 2.75) is 32.5 Å². The molecule has 0 bridgehead atoms. The second-order valence-electron chi connectivity index (χ2n) is 5.57. The Morgan fingerprint density at radius 1 is 1.15 bits per heavy atom. The molecule has 6 heteroatoms. The van der Waals surface area contributed by atoms with Crippen LogP contribution in [-0.4, -0.2) is 14.9 Å². The van der Waals surface area contributed by atoms with E-state index in [1.165, 1.54) is 18.3 Å². The molecule has 0 atom stereocenters. The molecule has 108 valence electrons. The summed E-state index contributed by atoms with van der Waals surface area (Å²) in [5.41, 5.74) is -0.808. The number of alkyl halides is 3. The fourth-order valence-electron chi connectivity index (χ4n) is 1.85. The van der Waals surface area contributed by atoms with Gasteiger partial charge < -0.3 is 5.11 Å². The fourth-order valence-corrected chi connectivity index (χ4v) is 1.85. The number of rotatable bonds is 1. The summed E-state index contributed by atoms with van der Waals surface area (Å²) in [5.74, 6) is -0.413. The molecule has 1 aromatic carbocycles. The highest BCUT2D eigenvalue weighted by atomic mass is 19.4. The number of aromatic hydroxyl groups is 1. The van der Waals surface area contributed by atoms with Crippen LogP contribution in [0.5, 0.6) is 5.75 Å². The number of phenolic OH excluding ortho intramolecular Hbond substituents is 1. The zero-order valence-electron chi connectivity index (χ0n) is 11.4. The van der Waals surface area contributed by atoms with Crippen LogP contribution in [0, 0.1) is 0 Å². The molecule has 20 heavy (non-hydrogen) atoms. The largest absolute Gasteiger partial charge is 0.508 e. The molecule has 2 rings (SSSR count). The van der Waals surface area contributed by atoms with Crippen LogP contribution in [0.4, 0.5) is 13.2 Å². The van der Waals surface area contributed by atoms with Crippen molar-refractivity contribution in [2.75, 3.05) is 0 Å². The number of phenols is 1. The summed E-state index contributed by atoms with van der Waals surface area (Å²) >= 11 is 0. The highest BCUT2D eigenvalue weighted by Gasteiger charge is 2.34. The van der Waals surface area contributed by atoms with Crippen LogP contribution in [0.3, 0.4) is 0 Å². The third kappa shape index (κ3) is 2.79. The van der Waals surface area contributed by atoms with E-state index in [4.69, 9.17) is 0 Å². The lowest BCUT2D eigenvalue weighted by atomic mass is 10.0. The van der Waals surface area contributed by atoms with E-state index in [0.29, 0.717) is 5.56 Å². The monoisotopic (exact) mass is 284 g/mol. The summed E-state index contributed by atoms with van der Waals surface area (Å²) in [5, 5.41) is 13.4. The molecule has 1 aromatic heterocycles. The predicted molar refractivity (Wildman–Crippen MR) is 69.3 cm³/mol. The minimum atomic E-state index is -4.53. The van der Waals surface area contributed by atoms with E-state index in [0.717, 1.165) is 6.07 Å². The van der Waals surface area contributed by atoms with Gasteiger partial charge in [-0.15, -0.1) is 0 Å². The van der Waals surface area contributed by atoms with Gasteiger partial charge in [-0.1, -0.05) is 0 Å². The molecule has 0 aliphatic heterocycles. The number of hydrogen-bond acceptors (Lipinski definition) is 2. The Balaban J connectivity index is 2.56. The van der Waals surface area contributed by atoms with Crippen molar-refractivity contribution >= 4 is 0 Å². The first kappa shape index (κ1) is 14.4. The molecule has 1 N–H and O–H groups in total. The lowest BCUT2D eigenvalue weighted by molar-refractivity contribution is -0.137. The predicted octanol–water partition coefficient (Wildman–Crippen LogP) is 4.03. The van der Waals surface area contributed by atoms with Crippen molar-refractivity contribution in [3.8, 4) is 16.9 Å². The first-order valence-corrected chi connectivity index (χ1v) is 6.05. The molecule has 0 aliphatic rings. The van der Waals surface area contributed by atoms with Crippen LogP contribution in [0.2, 0.25) is 0 Å². The molecule has 0 spiro atoms. The van der Waals surface area contributed by atoms with Gasteiger partial charge in [0.2, 0.25) is 0 Å². The third-order valence-corrected chi connectivity index (χ3v) is 2.89. The summed E-state index contributed by atoms with van der Waals surface area (Å²) in [6.07, 6.45) is -1.56. The van der Waals surface area contributed by atoms with E-state index in [1.54, 1.807) is 10.9 Å². The number of benzene rings is 1.